The van der Waals surface area contributed by atoms with Crippen LogP contribution in [0.1, 0.15) is 28.5 Å². The molecule has 4 aromatic rings. The van der Waals surface area contributed by atoms with E-state index in [0.29, 0.717) is 31.1 Å². The van der Waals surface area contributed by atoms with Gasteiger partial charge in [0, 0.05) is 24.9 Å². The molecule has 2 heterocycles. The summed E-state index contributed by atoms with van der Waals surface area (Å²) in [5.74, 6) is -0.145. The van der Waals surface area contributed by atoms with Gasteiger partial charge in [-0.1, -0.05) is 48.5 Å². The molecular weight excluding hydrogens is 414 g/mol. The van der Waals surface area contributed by atoms with Crippen LogP contribution in [-0.2, 0) is 11.3 Å². The van der Waals surface area contributed by atoms with Crippen LogP contribution in [0.2, 0.25) is 0 Å². The van der Waals surface area contributed by atoms with Gasteiger partial charge in [0.05, 0.1) is 19.2 Å². The Morgan fingerprint density at radius 1 is 0.970 bits per heavy atom. The van der Waals surface area contributed by atoms with Crippen LogP contribution in [0.4, 0.5) is 0 Å². The summed E-state index contributed by atoms with van der Waals surface area (Å²) < 4.78 is 7.19. The highest BCUT2D eigenvalue weighted by atomic mass is 16.5. The number of methoxy groups -OCH3 is 1. The molecule has 5 rings (SSSR count). The smallest absolute Gasteiger partial charge is 0.274 e. The van der Waals surface area contributed by atoms with E-state index in [0.717, 1.165) is 0 Å². The first-order valence-corrected chi connectivity index (χ1v) is 11.2. The summed E-state index contributed by atoms with van der Waals surface area (Å²) in [5, 5.41) is 6.86. The zero-order chi connectivity index (χ0) is 23.1. The molecule has 0 N–H and O–H groups in total. The number of hydrogen-bond acceptors (Lipinski definition) is 4. The van der Waals surface area contributed by atoms with E-state index in [2.05, 4.69) is 59.6 Å². The zero-order valence-corrected chi connectivity index (χ0v) is 19.1. The molecule has 0 spiro atoms. The Kier molecular flexibility index (Phi) is 5.38. The quantitative estimate of drug-likeness (QED) is 0.439. The molecule has 0 saturated carbocycles. The van der Waals surface area contributed by atoms with Gasteiger partial charge in [0.25, 0.3) is 5.91 Å². The summed E-state index contributed by atoms with van der Waals surface area (Å²) in [7, 11) is 1.63. The van der Waals surface area contributed by atoms with Gasteiger partial charge in [-0.15, -0.1) is 0 Å². The van der Waals surface area contributed by atoms with Crippen molar-refractivity contribution in [2.24, 2.45) is 0 Å². The number of fused-ring (bicyclic) bond motifs is 3. The lowest BCUT2D eigenvalue weighted by atomic mass is 9.96. The van der Waals surface area contributed by atoms with Crippen molar-refractivity contribution in [1.82, 2.24) is 9.58 Å². The van der Waals surface area contributed by atoms with Gasteiger partial charge >= 0.3 is 0 Å². The Labute approximate surface area is 192 Å². The molecule has 1 amide bonds. The van der Waals surface area contributed by atoms with Crippen LogP contribution in [0.3, 0.4) is 0 Å². The number of rotatable bonds is 5. The van der Waals surface area contributed by atoms with E-state index in [1.54, 1.807) is 25.1 Å². The number of carbonyl (C=O) groups excluding carboxylic acids is 1. The Morgan fingerprint density at radius 2 is 1.61 bits per heavy atom. The SMILES string of the molecule is COCC(C)N1CN(Cc2c3ccccc3cc3ccccc23)n2ccc(=O)c(C)c2C1=O. The van der Waals surface area contributed by atoms with Crippen LogP contribution < -0.4 is 10.4 Å². The number of nitrogens with zero attached hydrogens (tertiary/aromatic N) is 3. The molecule has 1 aromatic heterocycles. The topological polar surface area (TPSA) is 54.8 Å². The number of ether oxygens (including phenoxy) is 1. The number of hydrogen-bond donors (Lipinski definition) is 0. The van der Waals surface area contributed by atoms with Crippen LogP contribution >= 0.6 is 0 Å². The molecular formula is C27H27N3O3. The zero-order valence-electron chi connectivity index (χ0n) is 19.1. The van der Waals surface area contributed by atoms with Gasteiger partial charge in [-0.3, -0.25) is 19.3 Å². The highest BCUT2D eigenvalue weighted by Gasteiger charge is 2.33. The second kappa shape index (κ2) is 8.37. The number of carbonyl (C=O) groups is 1. The van der Waals surface area contributed by atoms with Crippen molar-refractivity contribution in [2.45, 2.75) is 26.4 Å². The molecule has 0 aliphatic carbocycles. The van der Waals surface area contributed by atoms with Crippen molar-refractivity contribution in [3.05, 3.63) is 93.9 Å². The molecule has 6 nitrogen and oxygen atoms in total. The summed E-state index contributed by atoms with van der Waals surface area (Å²) in [6.45, 7) is 5.10. The number of pyridine rings is 1. The molecule has 1 unspecified atom stereocenters. The standard InChI is InChI=1S/C27H27N3O3/c1-18(16-33-3)29-17-28(30-13-12-25(31)19(2)26(30)27(29)32)15-24-22-10-6-4-8-20(22)14-21-9-5-7-11-23(21)24/h4-14,18H,15-17H2,1-3H3. The van der Waals surface area contributed by atoms with E-state index in [1.165, 1.54) is 33.2 Å². The van der Waals surface area contributed by atoms with Crippen LogP contribution in [0, 0.1) is 6.92 Å². The maximum atomic E-state index is 13.4. The first-order valence-electron chi connectivity index (χ1n) is 11.2. The van der Waals surface area contributed by atoms with E-state index in [4.69, 9.17) is 4.74 Å². The molecule has 6 heteroatoms. The molecule has 0 fully saturated rings. The predicted molar refractivity (Wildman–Crippen MR) is 131 cm³/mol. The van der Waals surface area contributed by atoms with Crippen molar-refractivity contribution in [2.75, 3.05) is 25.4 Å². The van der Waals surface area contributed by atoms with Crippen LogP contribution in [0.15, 0.2) is 71.7 Å². The number of benzene rings is 3. The van der Waals surface area contributed by atoms with E-state index < -0.39 is 0 Å². The highest BCUT2D eigenvalue weighted by Crippen LogP contribution is 2.30. The molecule has 1 aliphatic rings. The van der Waals surface area contributed by atoms with Gasteiger partial charge < -0.3 is 9.64 Å². The van der Waals surface area contributed by atoms with Crippen LogP contribution in [0.5, 0.6) is 0 Å². The van der Waals surface area contributed by atoms with Gasteiger partial charge in [0.15, 0.2) is 5.43 Å². The molecule has 0 bridgehead atoms. The minimum absolute atomic E-state index is 0.127. The monoisotopic (exact) mass is 441 g/mol. The minimum atomic E-state index is -0.145. The first kappa shape index (κ1) is 21.2. The Morgan fingerprint density at radius 3 is 2.24 bits per heavy atom. The van der Waals surface area contributed by atoms with Gasteiger partial charge in [-0.25, -0.2) is 0 Å². The summed E-state index contributed by atoms with van der Waals surface area (Å²) in [6.07, 6.45) is 1.72. The minimum Gasteiger partial charge on any atom is -0.383 e. The fourth-order valence-electron chi connectivity index (χ4n) is 4.82. The lowest BCUT2D eigenvalue weighted by Crippen LogP contribution is -2.57. The maximum Gasteiger partial charge on any atom is 0.274 e. The van der Waals surface area contributed by atoms with E-state index >= 15 is 0 Å². The Balaban J connectivity index is 1.69. The highest BCUT2D eigenvalue weighted by molar-refractivity contribution is 6.02. The molecule has 3 aromatic carbocycles. The van der Waals surface area contributed by atoms with Crippen molar-refractivity contribution in [1.29, 1.82) is 0 Å². The van der Waals surface area contributed by atoms with Crippen LogP contribution in [0.25, 0.3) is 21.5 Å². The molecule has 0 saturated heterocycles. The fraction of sp³-hybridized carbons (Fsp3) is 0.259. The Hall–Kier alpha value is -3.64. The first-order chi connectivity index (χ1) is 16.0. The number of amides is 1. The summed E-state index contributed by atoms with van der Waals surface area (Å²) in [6, 6.07) is 20.4. The van der Waals surface area contributed by atoms with Crippen molar-refractivity contribution in [3.63, 3.8) is 0 Å². The van der Waals surface area contributed by atoms with E-state index in [1.807, 2.05) is 11.6 Å². The third-order valence-electron chi connectivity index (χ3n) is 6.57. The number of aromatic nitrogens is 1. The molecule has 1 aliphatic heterocycles. The summed E-state index contributed by atoms with van der Waals surface area (Å²) >= 11 is 0. The normalized spacial score (nSPS) is 14.7. The fourth-order valence-corrected chi connectivity index (χ4v) is 4.82. The third-order valence-corrected chi connectivity index (χ3v) is 6.57. The van der Waals surface area contributed by atoms with Crippen molar-refractivity contribution >= 4 is 27.5 Å². The molecule has 33 heavy (non-hydrogen) atoms. The third kappa shape index (κ3) is 3.56. The van der Waals surface area contributed by atoms with E-state index in [9.17, 15) is 9.59 Å². The second-order valence-electron chi connectivity index (χ2n) is 8.68. The molecule has 168 valence electrons. The molecule has 0 radical (unpaired) electrons. The summed E-state index contributed by atoms with van der Waals surface area (Å²) in [4.78, 5) is 27.6. The van der Waals surface area contributed by atoms with Gasteiger partial charge in [0.2, 0.25) is 0 Å². The lowest BCUT2D eigenvalue weighted by molar-refractivity contribution is 0.0483. The van der Waals surface area contributed by atoms with E-state index in [-0.39, 0.29) is 17.4 Å². The van der Waals surface area contributed by atoms with Crippen molar-refractivity contribution in [3.8, 4) is 0 Å². The predicted octanol–water partition coefficient (Wildman–Crippen LogP) is 4.05. The van der Waals surface area contributed by atoms with Gasteiger partial charge in [-0.05, 0) is 47.0 Å². The van der Waals surface area contributed by atoms with Gasteiger partial charge in [0.1, 0.15) is 12.4 Å². The summed E-state index contributed by atoms with van der Waals surface area (Å²) in [5.41, 5.74) is 1.94. The Bertz CT molecular complexity index is 1370. The van der Waals surface area contributed by atoms with Crippen LogP contribution in [-0.4, -0.2) is 41.9 Å². The molecule has 1 atom stereocenters. The lowest BCUT2D eigenvalue weighted by Gasteiger charge is -2.42. The van der Waals surface area contributed by atoms with Gasteiger partial charge in [-0.2, -0.15) is 0 Å². The average molecular weight is 442 g/mol. The van der Waals surface area contributed by atoms with Crippen molar-refractivity contribution < 1.29 is 9.53 Å². The largest absolute Gasteiger partial charge is 0.383 e. The second-order valence-corrected chi connectivity index (χ2v) is 8.68. The maximum absolute atomic E-state index is 13.4. The average Bonchev–Trinajstić information content (AvgIpc) is 2.82.